The van der Waals surface area contributed by atoms with Crippen molar-refractivity contribution < 1.29 is 4.39 Å². The predicted molar refractivity (Wildman–Crippen MR) is 74.9 cm³/mol. The van der Waals surface area contributed by atoms with Gasteiger partial charge in [-0.1, -0.05) is 32.9 Å². The molecule has 1 aromatic carbocycles. The number of aryl methyl sites for hydroxylation is 1. The summed E-state index contributed by atoms with van der Waals surface area (Å²) >= 11 is 0. The molecule has 0 saturated heterocycles. The quantitative estimate of drug-likeness (QED) is 0.786. The highest BCUT2D eigenvalue weighted by Crippen LogP contribution is 2.28. The predicted octanol–water partition coefficient (Wildman–Crippen LogP) is 3.70. The van der Waals surface area contributed by atoms with Gasteiger partial charge in [-0.3, -0.25) is 4.90 Å². The van der Waals surface area contributed by atoms with Gasteiger partial charge >= 0.3 is 0 Å². The second-order valence-electron chi connectivity index (χ2n) is 5.54. The monoisotopic (exact) mass is 249 g/mol. The molecule has 0 amide bonds. The van der Waals surface area contributed by atoms with E-state index < -0.39 is 0 Å². The molecule has 0 N–H and O–H groups in total. The molecule has 0 spiro atoms. The van der Waals surface area contributed by atoms with Crippen LogP contribution in [0, 0.1) is 0 Å². The number of alkyl halides is 1. The van der Waals surface area contributed by atoms with Crippen LogP contribution in [0.1, 0.15) is 48.9 Å². The minimum Gasteiger partial charge on any atom is -0.296 e. The Morgan fingerprint density at radius 3 is 2.67 bits per heavy atom. The molecule has 18 heavy (non-hydrogen) atoms. The summed E-state index contributed by atoms with van der Waals surface area (Å²) in [6, 6.07) is 4.75. The Morgan fingerprint density at radius 1 is 1.28 bits per heavy atom. The number of rotatable bonds is 4. The van der Waals surface area contributed by atoms with Crippen molar-refractivity contribution in [1.82, 2.24) is 4.90 Å². The van der Waals surface area contributed by atoms with E-state index in [-0.39, 0.29) is 6.67 Å². The molecule has 1 aromatic rings. The molecule has 0 unspecified atom stereocenters. The number of fused-ring (bicyclic) bond motifs is 1. The van der Waals surface area contributed by atoms with Crippen LogP contribution in [0.5, 0.6) is 0 Å². The fourth-order valence-corrected chi connectivity index (χ4v) is 2.89. The van der Waals surface area contributed by atoms with Gasteiger partial charge in [-0.2, -0.15) is 0 Å². The number of nitrogens with zero attached hydrogens (tertiary/aromatic N) is 1. The molecular formula is C16H24FN. The maximum atomic E-state index is 12.4. The molecule has 0 aromatic heterocycles. The fourth-order valence-electron chi connectivity index (χ4n) is 2.89. The first-order valence-corrected chi connectivity index (χ1v) is 7.08. The molecule has 0 fully saturated rings. The van der Waals surface area contributed by atoms with Gasteiger partial charge in [0.05, 0.1) is 0 Å². The van der Waals surface area contributed by atoms with Gasteiger partial charge in [0.1, 0.15) is 6.67 Å². The van der Waals surface area contributed by atoms with Crippen molar-refractivity contribution in [3.8, 4) is 0 Å². The van der Waals surface area contributed by atoms with Crippen molar-refractivity contribution in [2.45, 2.75) is 46.1 Å². The standard InChI is InChI=1S/C16H24FN/c1-4-13-9-15-11-18(8-6-17)7-5-14(15)10-16(13)12(2)3/h9-10,12H,4-8,11H2,1-3H3. The molecule has 1 nitrogen and oxygen atoms in total. The first kappa shape index (κ1) is 13.5. The van der Waals surface area contributed by atoms with Crippen molar-refractivity contribution in [3.63, 3.8) is 0 Å². The van der Waals surface area contributed by atoms with Gasteiger partial charge in [-0.15, -0.1) is 0 Å². The molecule has 1 aliphatic rings. The largest absolute Gasteiger partial charge is 0.296 e. The van der Waals surface area contributed by atoms with Crippen LogP contribution in [-0.4, -0.2) is 24.7 Å². The second kappa shape index (κ2) is 5.83. The Balaban J connectivity index is 2.29. The lowest BCUT2D eigenvalue weighted by molar-refractivity contribution is 0.231. The third-order valence-corrected chi connectivity index (χ3v) is 3.96. The van der Waals surface area contributed by atoms with Gasteiger partial charge in [0.25, 0.3) is 0 Å². The van der Waals surface area contributed by atoms with Crippen LogP contribution in [0.25, 0.3) is 0 Å². The zero-order valence-corrected chi connectivity index (χ0v) is 11.8. The van der Waals surface area contributed by atoms with Crippen LogP contribution < -0.4 is 0 Å². The molecule has 1 heterocycles. The smallest absolute Gasteiger partial charge is 0.102 e. The Hall–Kier alpha value is -0.890. The van der Waals surface area contributed by atoms with Crippen LogP contribution in [0.4, 0.5) is 4.39 Å². The van der Waals surface area contributed by atoms with E-state index in [0.717, 1.165) is 25.9 Å². The fraction of sp³-hybridized carbons (Fsp3) is 0.625. The highest BCUT2D eigenvalue weighted by atomic mass is 19.1. The third kappa shape index (κ3) is 2.74. The number of benzene rings is 1. The molecule has 2 heteroatoms. The van der Waals surface area contributed by atoms with Gasteiger partial charge in [-0.25, -0.2) is 4.39 Å². The van der Waals surface area contributed by atoms with E-state index >= 15 is 0 Å². The topological polar surface area (TPSA) is 3.24 Å². The number of halogens is 1. The van der Waals surface area contributed by atoms with Crippen LogP contribution in [0.15, 0.2) is 12.1 Å². The first-order chi connectivity index (χ1) is 8.65. The Labute approximate surface area is 110 Å². The molecule has 1 aliphatic heterocycles. The van der Waals surface area contributed by atoms with E-state index in [9.17, 15) is 4.39 Å². The molecular weight excluding hydrogens is 225 g/mol. The molecule has 0 atom stereocenters. The Kier molecular flexibility index (Phi) is 4.39. The summed E-state index contributed by atoms with van der Waals surface area (Å²) in [5, 5.41) is 0. The zero-order chi connectivity index (χ0) is 13.1. The Bertz CT molecular complexity index is 412. The van der Waals surface area contributed by atoms with E-state index in [1.165, 1.54) is 22.3 Å². The summed E-state index contributed by atoms with van der Waals surface area (Å²) in [6.07, 6.45) is 2.16. The number of hydrogen-bond acceptors (Lipinski definition) is 1. The van der Waals surface area contributed by atoms with E-state index in [1.807, 2.05) is 0 Å². The van der Waals surface area contributed by atoms with Crippen molar-refractivity contribution in [2.75, 3.05) is 19.8 Å². The Morgan fingerprint density at radius 2 is 2.06 bits per heavy atom. The van der Waals surface area contributed by atoms with E-state index in [1.54, 1.807) is 0 Å². The maximum absolute atomic E-state index is 12.4. The second-order valence-corrected chi connectivity index (χ2v) is 5.54. The number of hydrogen-bond donors (Lipinski definition) is 0. The summed E-state index contributed by atoms with van der Waals surface area (Å²) in [6.45, 7) is 9.01. The average Bonchev–Trinajstić information content (AvgIpc) is 2.37. The summed E-state index contributed by atoms with van der Waals surface area (Å²) in [4.78, 5) is 2.22. The molecule has 0 saturated carbocycles. The average molecular weight is 249 g/mol. The highest BCUT2D eigenvalue weighted by molar-refractivity contribution is 5.41. The van der Waals surface area contributed by atoms with Gasteiger partial charge in [0, 0.05) is 19.6 Å². The summed E-state index contributed by atoms with van der Waals surface area (Å²) < 4.78 is 12.4. The van der Waals surface area contributed by atoms with E-state index in [0.29, 0.717) is 12.5 Å². The summed E-state index contributed by atoms with van der Waals surface area (Å²) in [7, 11) is 0. The van der Waals surface area contributed by atoms with Gasteiger partial charge in [0.2, 0.25) is 0 Å². The minimum atomic E-state index is -0.236. The van der Waals surface area contributed by atoms with Crippen molar-refractivity contribution in [3.05, 3.63) is 34.4 Å². The summed E-state index contributed by atoms with van der Waals surface area (Å²) in [5.74, 6) is 0.592. The molecule has 2 rings (SSSR count). The first-order valence-electron chi connectivity index (χ1n) is 7.08. The molecule has 100 valence electrons. The lowest BCUT2D eigenvalue weighted by Crippen LogP contribution is -2.32. The summed E-state index contributed by atoms with van der Waals surface area (Å²) in [5.41, 5.74) is 5.85. The normalized spacial score (nSPS) is 16.1. The minimum absolute atomic E-state index is 0.236. The highest BCUT2D eigenvalue weighted by Gasteiger charge is 2.18. The van der Waals surface area contributed by atoms with Crippen molar-refractivity contribution >= 4 is 0 Å². The van der Waals surface area contributed by atoms with E-state index in [4.69, 9.17) is 0 Å². The zero-order valence-electron chi connectivity index (χ0n) is 11.8. The van der Waals surface area contributed by atoms with Crippen molar-refractivity contribution in [2.24, 2.45) is 0 Å². The molecule has 0 radical (unpaired) electrons. The van der Waals surface area contributed by atoms with Crippen LogP contribution in [-0.2, 0) is 19.4 Å². The van der Waals surface area contributed by atoms with Crippen LogP contribution in [0.3, 0.4) is 0 Å². The van der Waals surface area contributed by atoms with Crippen LogP contribution in [0.2, 0.25) is 0 Å². The van der Waals surface area contributed by atoms with Gasteiger partial charge < -0.3 is 0 Å². The molecule has 0 bridgehead atoms. The lowest BCUT2D eigenvalue weighted by Gasteiger charge is -2.29. The van der Waals surface area contributed by atoms with Crippen LogP contribution >= 0.6 is 0 Å². The molecule has 0 aliphatic carbocycles. The van der Waals surface area contributed by atoms with Gasteiger partial charge in [0.15, 0.2) is 0 Å². The lowest BCUT2D eigenvalue weighted by atomic mass is 9.88. The van der Waals surface area contributed by atoms with E-state index in [2.05, 4.69) is 37.8 Å². The maximum Gasteiger partial charge on any atom is 0.102 e. The van der Waals surface area contributed by atoms with Gasteiger partial charge in [-0.05, 0) is 41.0 Å². The van der Waals surface area contributed by atoms with Crippen molar-refractivity contribution in [1.29, 1.82) is 0 Å². The SMILES string of the molecule is CCc1cc2c(cc1C(C)C)CCN(CCF)C2. The third-order valence-electron chi connectivity index (χ3n) is 3.96.